The summed E-state index contributed by atoms with van der Waals surface area (Å²) in [5.41, 5.74) is 8.05. The van der Waals surface area contributed by atoms with E-state index in [1.807, 2.05) is 17.0 Å². The lowest BCUT2D eigenvalue weighted by Gasteiger charge is -2.27. The molecule has 9 nitrogen and oxygen atoms in total. The molecule has 0 aromatic carbocycles. The molecule has 0 atom stereocenters. The van der Waals surface area contributed by atoms with Crippen molar-refractivity contribution in [3.8, 4) is 11.3 Å². The highest BCUT2D eigenvalue weighted by atomic mass is 16.5. The van der Waals surface area contributed by atoms with Gasteiger partial charge in [-0.2, -0.15) is 0 Å². The van der Waals surface area contributed by atoms with Gasteiger partial charge in [-0.1, -0.05) is 0 Å². The van der Waals surface area contributed by atoms with Gasteiger partial charge in [0.05, 0.1) is 18.9 Å². The van der Waals surface area contributed by atoms with Gasteiger partial charge in [-0.25, -0.2) is 19.9 Å². The predicted octanol–water partition coefficient (Wildman–Crippen LogP) is 1.17. The van der Waals surface area contributed by atoms with Crippen molar-refractivity contribution >= 4 is 17.7 Å². The first-order valence-electron chi connectivity index (χ1n) is 8.91. The number of rotatable bonds is 5. The van der Waals surface area contributed by atoms with Crippen LogP contribution in [0.3, 0.4) is 0 Å². The average Bonchev–Trinajstić information content (AvgIpc) is 2.75. The maximum Gasteiger partial charge on any atom is 0.226 e. The molecule has 0 amide bonds. The normalized spacial score (nSPS) is 14.1. The van der Waals surface area contributed by atoms with Crippen LogP contribution in [0.25, 0.3) is 11.3 Å². The maximum atomic E-state index is 12.9. The molecule has 1 aliphatic rings. The largest absolute Gasteiger partial charge is 0.378 e. The molecule has 142 valence electrons. The zero-order chi connectivity index (χ0) is 19.3. The number of hydrogen-bond acceptors (Lipinski definition) is 9. The molecule has 0 bridgehead atoms. The minimum Gasteiger partial charge on any atom is -0.378 e. The van der Waals surface area contributed by atoms with Gasteiger partial charge in [0.25, 0.3) is 0 Å². The minimum absolute atomic E-state index is 0.0966. The number of hydrogen-bond donors (Lipinski definition) is 1. The fourth-order valence-corrected chi connectivity index (χ4v) is 2.88. The fraction of sp³-hybridized carbons (Fsp3) is 0.263. The molecule has 1 saturated heterocycles. The molecule has 0 saturated carbocycles. The number of pyridine rings is 1. The van der Waals surface area contributed by atoms with Crippen LogP contribution >= 0.6 is 0 Å². The molecule has 9 heteroatoms. The zero-order valence-corrected chi connectivity index (χ0v) is 15.2. The van der Waals surface area contributed by atoms with Gasteiger partial charge >= 0.3 is 0 Å². The molecular weight excluding hydrogens is 358 g/mol. The Morgan fingerprint density at radius 2 is 1.82 bits per heavy atom. The van der Waals surface area contributed by atoms with E-state index in [1.54, 1.807) is 30.9 Å². The highest BCUT2D eigenvalue weighted by molar-refractivity contribution is 5.96. The van der Waals surface area contributed by atoms with E-state index in [1.165, 1.54) is 0 Å². The van der Waals surface area contributed by atoms with E-state index in [0.717, 1.165) is 5.56 Å². The fourth-order valence-electron chi connectivity index (χ4n) is 2.88. The number of nitrogens with two attached hydrogens (primary N) is 1. The summed E-state index contributed by atoms with van der Waals surface area (Å²) in [6.45, 7) is 2.52. The Bertz CT molecular complexity index is 958. The van der Waals surface area contributed by atoms with Crippen molar-refractivity contribution in [2.24, 2.45) is 0 Å². The molecule has 3 aromatic heterocycles. The second-order valence-corrected chi connectivity index (χ2v) is 6.32. The van der Waals surface area contributed by atoms with Gasteiger partial charge in [0.15, 0.2) is 5.78 Å². The summed E-state index contributed by atoms with van der Waals surface area (Å²) in [6, 6.07) is 5.30. The molecule has 1 aliphatic heterocycles. The van der Waals surface area contributed by atoms with Crippen LogP contribution in [0.1, 0.15) is 16.1 Å². The Labute approximate surface area is 161 Å². The molecule has 4 heterocycles. The van der Waals surface area contributed by atoms with Crippen LogP contribution in [-0.2, 0) is 11.2 Å². The Kier molecular flexibility index (Phi) is 5.16. The first-order valence-corrected chi connectivity index (χ1v) is 8.91. The molecule has 1 fully saturated rings. The monoisotopic (exact) mass is 377 g/mol. The maximum absolute atomic E-state index is 12.9. The van der Waals surface area contributed by atoms with Crippen LogP contribution in [0.5, 0.6) is 0 Å². The second-order valence-electron chi connectivity index (χ2n) is 6.32. The summed E-state index contributed by atoms with van der Waals surface area (Å²) in [6.07, 6.45) is 6.74. The van der Waals surface area contributed by atoms with E-state index in [-0.39, 0.29) is 18.2 Å². The highest BCUT2D eigenvalue weighted by Gasteiger charge is 2.19. The number of nitrogens with zero attached hydrogens (tertiary/aromatic N) is 6. The van der Waals surface area contributed by atoms with Crippen LogP contribution in [0.2, 0.25) is 0 Å². The Balaban J connectivity index is 1.70. The third kappa shape index (κ3) is 4.09. The molecular formula is C19H19N7O2. The van der Waals surface area contributed by atoms with Crippen LogP contribution in [-0.4, -0.2) is 57.0 Å². The van der Waals surface area contributed by atoms with Crippen molar-refractivity contribution in [1.29, 1.82) is 0 Å². The topological polar surface area (TPSA) is 120 Å². The number of anilines is 2. The van der Waals surface area contributed by atoms with Gasteiger partial charge in [-0.15, -0.1) is 0 Å². The van der Waals surface area contributed by atoms with Gasteiger partial charge in [-0.3, -0.25) is 9.78 Å². The summed E-state index contributed by atoms with van der Waals surface area (Å²) in [4.78, 5) is 36.1. The lowest BCUT2D eigenvalue weighted by Crippen LogP contribution is -2.37. The van der Waals surface area contributed by atoms with Crippen LogP contribution in [0.15, 0.2) is 43.0 Å². The lowest BCUT2D eigenvalue weighted by molar-refractivity contribution is 0.0988. The van der Waals surface area contributed by atoms with Crippen molar-refractivity contribution in [2.45, 2.75) is 6.42 Å². The Morgan fingerprint density at radius 1 is 1.11 bits per heavy atom. The van der Waals surface area contributed by atoms with Gasteiger partial charge < -0.3 is 15.4 Å². The number of ether oxygens (including phenoxy) is 1. The molecule has 0 unspecified atom stereocenters. The summed E-state index contributed by atoms with van der Waals surface area (Å²) in [7, 11) is 0. The van der Waals surface area contributed by atoms with Crippen molar-refractivity contribution in [2.75, 3.05) is 36.9 Å². The van der Waals surface area contributed by atoms with E-state index < -0.39 is 0 Å². The summed E-state index contributed by atoms with van der Waals surface area (Å²) in [5.74, 6) is 0.580. The number of ketones is 1. The SMILES string of the molecule is Nc1ncc(-c2cc(C(=O)Cc3ccncc3)nc(N3CCOCC3)n2)cn1. The number of carbonyl (C=O) groups excluding carboxylic acids is 1. The first-order chi connectivity index (χ1) is 13.7. The van der Waals surface area contributed by atoms with E-state index in [0.29, 0.717) is 49.2 Å². The molecule has 4 rings (SSSR count). The molecule has 2 N–H and O–H groups in total. The predicted molar refractivity (Wildman–Crippen MR) is 103 cm³/mol. The smallest absolute Gasteiger partial charge is 0.226 e. The van der Waals surface area contributed by atoms with Crippen LogP contribution in [0.4, 0.5) is 11.9 Å². The third-order valence-electron chi connectivity index (χ3n) is 4.38. The van der Waals surface area contributed by atoms with E-state index >= 15 is 0 Å². The van der Waals surface area contributed by atoms with Crippen molar-refractivity contribution < 1.29 is 9.53 Å². The number of morpholine rings is 1. The van der Waals surface area contributed by atoms with Crippen molar-refractivity contribution in [3.05, 3.63) is 54.2 Å². The lowest BCUT2D eigenvalue weighted by atomic mass is 10.1. The summed E-state index contributed by atoms with van der Waals surface area (Å²) < 4.78 is 5.40. The number of aromatic nitrogens is 5. The summed E-state index contributed by atoms with van der Waals surface area (Å²) >= 11 is 0. The Hall–Kier alpha value is -3.46. The van der Waals surface area contributed by atoms with E-state index in [9.17, 15) is 4.79 Å². The third-order valence-corrected chi connectivity index (χ3v) is 4.38. The molecule has 0 spiro atoms. The van der Waals surface area contributed by atoms with E-state index in [4.69, 9.17) is 10.5 Å². The number of Topliss-reactive ketones (excluding diaryl/α,β-unsaturated/α-hetero) is 1. The summed E-state index contributed by atoms with van der Waals surface area (Å²) in [5, 5.41) is 0. The standard InChI is InChI=1S/C19H19N7O2/c20-18-22-11-14(12-23-18)15-10-16(17(27)9-13-1-3-21-4-2-13)25-19(24-15)26-5-7-28-8-6-26/h1-4,10-12H,5-9H2,(H2,20,22,23). The zero-order valence-electron chi connectivity index (χ0n) is 15.2. The first kappa shape index (κ1) is 17.9. The van der Waals surface area contributed by atoms with Gasteiger partial charge in [0, 0.05) is 49.9 Å². The average molecular weight is 377 g/mol. The second kappa shape index (κ2) is 8.05. The molecule has 0 radical (unpaired) electrons. The van der Waals surface area contributed by atoms with Crippen molar-refractivity contribution in [1.82, 2.24) is 24.9 Å². The molecule has 28 heavy (non-hydrogen) atoms. The van der Waals surface area contributed by atoms with Gasteiger partial charge in [0.1, 0.15) is 5.69 Å². The molecule has 0 aliphatic carbocycles. The van der Waals surface area contributed by atoms with E-state index in [2.05, 4.69) is 24.9 Å². The number of carbonyl (C=O) groups is 1. The quantitative estimate of drug-likeness (QED) is 0.653. The minimum atomic E-state index is -0.0966. The van der Waals surface area contributed by atoms with Gasteiger partial charge in [0.2, 0.25) is 11.9 Å². The van der Waals surface area contributed by atoms with Crippen LogP contribution in [0, 0.1) is 0 Å². The number of nitrogen functional groups attached to an aromatic ring is 1. The van der Waals surface area contributed by atoms with Crippen molar-refractivity contribution in [3.63, 3.8) is 0 Å². The molecule has 3 aromatic rings. The van der Waals surface area contributed by atoms with Gasteiger partial charge in [-0.05, 0) is 23.8 Å². The Morgan fingerprint density at radius 3 is 2.54 bits per heavy atom. The van der Waals surface area contributed by atoms with Crippen LogP contribution < -0.4 is 10.6 Å². The highest BCUT2D eigenvalue weighted by Crippen LogP contribution is 2.21.